The lowest BCUT2D eigenvalue weighted by atomic mass is 10.2. The Morgan fingerprint density at radius 2 is 1.75 bits per heavy atom. The highest BCUT2D eigenvalue weighted by Gasteiger charge is 2.33. The second-order valence-corrected chi connectivity index (χ2v) is 7.57. The number of alkyl halides is 3. The van der Waals surface area contributed by atoms with E-state index in [1.165, 1.54) is 0 Å². The fourth-order valence-electron chi connectivity index (χ4n) is 3.30. The summed E-state index contributed by atoms with van der Waals surface area (Å²) >= 11 is 0. The van der Waals surface area contributed by atoms with Gasteiger partial charge in [-0.05, 0) is 24.5 Å². The molecule has 0 aliphatic carbocycles. The second-order valence-electron chi connectivity index (χ2n) is 7.57. The van der Waals surface area contributed by atoms with Crippen LogP contribution >= 0.6 is 0 Å². The molecule has 1 aromatic rings. The van der Waals surface area contributed by atoms with Crippen molar-refractivity contribution in [3.05, 3.63) is 35.9 Å². The molecule has 28 heavy (non-hydrogen) atoms. The van der Waals surface area contributed by atoms with Crippen LogP contribution in [0.4, 0.5) is 13.2 Å². The normalized spacial score (nSPS) is 16.1. The van der Waals surface area contributed by atoms with Gasteiger partial charge in [0.15, 0.2) is 0 Å². The number of carbonyl (C=O) groups is 2. The molecule has 0 aromatic heterocycles. The maximum atomic E-state index is 12.8. The number of nitrogens with zero attached hydrogens (tertiary/aromatic N) is 3. The zero-order valence-electron chi connectivity index (χ0n) is 16.4. The Labute approximate surface area is 164 Å². The minimum Gasteiger partial charge on any atom is -0.337 e. The van der Waals surface area contributed by atoms with Crippen molar-refractivity contribution in [1.29, 1.82) is 0 Å². The molecular weight excluding hydrogens is 371 g/mol. The van der Waals surface area contributed by atoms with E-state index >= 15 is 0 Å². The molecule has 2 rings (SSSR count). The first-order valence-electron chi connectivity index (χ1n) is 9.57. The van der Waals surface area contributed by atoms with Crippen molar-refractivity contribution >= 4 is 11.8 Å². The summed E-state index contributed by atoms with van der Waals surface area (Å²) in [5.41, 5.74) is 0.611. The second kappa shape index (κ2) is 9.91. The van der Waals surface area contributed by atoms with Crippen molar-refractivity contribution in [2.75, 3.05) is 45.8 Å². The van der Waals surface area contributed by atoms with E-state index in [4.69, 9.17) is 0 Å². The first-order valence-corrected chi connectivity index (χ1v) is 9.57. The summed E-state index contributed by atoms with van der Waals surface area (Å²) < 4.78 is 38.4. The van der Waals surface area contributed by atoms with Gasteiger partial charge in [-0.25, -0.2) is 0 Å². The maximum absolute atomic E-state index is 12.8. The Balaban J connectivity index is 1.93. The van der Waals surface area contributed by atoms with Crippen molar-refractivity contribution in [2.45, 2.75) is 26.4 Å². The van der Waals surface area contributed by atoms with Gasteiger partial charge in [-0.1, -0.05) is 32.0 Å². The van der Waals surface area contributed by atoms with E-state index in [0.717, 1.165) is 4.90 Å². The predicted molar refractivity (Wildman–Crippen MR) is 101 cm³/mol. The van der Waals surface area contributed by atoms with Crippen LogP contribution < -0.4 is 0 Å². The van der Waals surface area contributed by atoms with Gasteiger partial charge in [0, 0.05) is 38.3 Å². The lowest BCUT2D eigenvalue weighted by Crippen LogP contribution is -2.46. The third-order valence-corrected chi connectivity index (χ3v) is 4.56. The number of halogens is 3. The summed E-state index contributed by atoms with van der Waals surface area (Å²) in [5.74, 6) is -0.629. The largest absolute Gasteiger partial charge is 0.406 e. The number of amides is 2. The highest BCUT2D eigenvalue weighted by Crippen LogP contribution is 2.18. The Bertz CT molecular complexity index is 650. The van der Waals surface area contributed by atoms with Crippen molar-refractivity contribution in [3.8, 4) is 0 Å². The van der Waals surface area contributed by atoms with Crippen molar-refractivity contribution < 1.29 is 22.8 Å². The molecule has 0 radical (unpaired) electrons. The third-order valence-electron chi connectivity index (χ3n) is 4.56. The number of rotatable bonds is 6. The van der Waals surface area contributed by atoms with Gasteiger partial charge in [0.1, 0.15) is 6.54 Å². The molecule has 0 saturated carbocycles. The SMILES string of the molecule is CC(C)CN(CC(F)(F)F)C(=O)CN1CCCN(C(=O)c2ccccc2)CC1. The van der Waals surface area contributed by atoms with Gasteiger partial charge in [-0.3, -0.25) is 14.5 Å². The summed E-state index contributed by atoms with van der Waals surface area (Å²) in [4.78, 5) is 29.5. The fourth-order valence-corrected chi connectivity index (χ4v) is 3.30. The zero-order valence-corrected chi connectivity index (χ0v) is 16.4. The molecule has 1 aliphatic rings. The first kappa shape index (κ1) is 22.2. The summed E-state index contributed by atoms with van der Waals surface area (Å²) in [6.07, 6.45) is -3.74. The van der Waals surface area contributed by atoms with Gasteiger partial charge in [-0.15, -0.1) is 0 Å². The van der Waals surface area contributed by atoms with Gasteiger partial charge < -0.3 is 9.80 Å². The van der Waals surface area contributed by atoms with Crippen LogP contribution in [-0.2, 0) is 4.79 Å². The summed E-state index contributed by atoms with van der Waals surface area (Å²) in [6, 6.07) is 8.97. The molecule has 1 aromatic carbocycles. The number of benzene rings is 1. The lowest BCUT2D eigenvalue weighted by molar-refractivity contribution is -0.162. The topological polar surface area (TPSA) is 43.9 Å². The quantitative estimate of drug-likeness (QED) is 0.739. The molecule has 8 heteroatoms. The zero-order chi connectivity index (χ0) is 20.7. The van der Waals surface area contributed by atoms with Crippen molar-refractivity contribution in [1.82, 2.24) is 14.7 Å². The highest BCUT2D eigenvalue weighted by atomic mass is 19.4. The van der Waals surface area contributed by atoms with Crippen molar-refractivity contribution in [2.24, 2.45) is 5.92 Å². The van der Waals surface area contributed by atoms with E-state index in [1.807, 2.05) is 11.0 Å². The number of hydrogen-bond donors (Lipinski definition) is 0. The summed E-state index contributed by atoms with van der Waals surface area (Å²) in [6.45, 7) is 4.42. The fraction of sp³-hybridized carbons (Fsp3) is 0.600. The van der Waals surface area contributed by atoms with Crippen LogP contribution in [0.2, 0.25) is 0 Å². The van der Waals surface area contributed by atoms with Gasteiger partial charge in [0.25, 0.3) is 5.91 Å². The molecule has 1 fully saturated rings. The van der Waals surface area contributed by atoms with Gasteiger partial charge in [-0.2, -0.15) is 13.2 Å². The molecule has 1 saturated heterocycles. The first-order chi connectivity index (χ1) is 13.2. The van der Waals surface area contributed by atoms with Gasteiger partial charge >= 0.3 is 6.18 Å². The minimum absolute atomic E-state index is 0.0468. The molecule has 2 amide bonds. The number of hydrogen-bond acceptors (Lipinski definition) is 3. The Morgan fingerprint density at radius 1 is 1.07 bits per heavy atom. The number of carbonyl (C=O) groups excluding carboxylic acids is 2. The average molecular weight is 399 g/mol. The van der Waals surface area contributed by atoms with E-state index in [-0.39, 0.29) is 24.9 Å². The summed E-state index contributed by atoms with van der Waals surface area (Å²) in [7, 11) is 0. The maximum Gasteiger partial charge on any atom is 0.406 e. The molecule has 0 N–H and O–H groups in total. The predicted octanol–water partition coefficient (Wildman–Crippen LogP) is 2.88. The van der Waals surface area contributed by atoms with E-state index in [2.05, 4.69) is 0 Å². The molecule has 156 valence electrons. The lowest BCUT2D eigenvalue weighted by Gasteiger charge is -2.28. The molecule has 0 unspecified atom stereocenters. The molecule has 0 bridgehead atoms. The van der Waals surface area contributed by atoms with Crippen molar-refractivity contribution in [3.63, 3.8) is 0 Å². The molecule has 0 atom stereocenters. The van der Waals surface area contributed by atoms with Gasteiger partial charge in [0.2, 0.25) is 5.91 Å². The molecule has 1 heterocycles. The minimum atomic E-state index is -4.41. The van der Waals surface area contributed by atoms with Crippen LogP contribution in [-0.4, -0.2) is 78.5 Å². The van der Waals surface area contributed by atoms with Crippen LogP contribution in [0.5, 0.6) is 0 Å². The van der Waals surface area contributed by atoms with E-state index in [1.54, 1.807) is 43.0 Å². The van der Waals surface area contributed by atoms with Crippen LogP contribution in [0.3, 0.4) is 0 Å². The molecular formula is C20H28F3N3O2. The molecule has 1 aliphatic heterocycles. The van der Waals surface area contributed by atoms with Crippen LogP contribution in [0, 0.1) is 5.92 Å². The van der Waals surface area contributed by atoms with E-state index in [9.17, 15) is 22.8 Å². The highest BCUT2D eigenvalue weighted by molar-refractivity contribution is 5.94. The summed E-state index contributed by atoms with van der Waals surface area (Å²) in [5, 5.41) is 0. The molecule has 0 spiro atoms. The van der Waals surface area contributed by atoms with Gasteiger partial charge in [0.05, 0.1) is 6.54 Å². The average Bonchev–Trinajstić information content (AvgIpc) is 2.85. The third kappa shape index (κ3) is 7.14. The van der Waals surface area contributed by atoms with Crippen LogP contribution in [0.1, 0.15) is 30.6 Å². The van der Waals surface area contributed by atoms with Crippen LogP contribution in [0.25, 0.3) is 0 Å². The Kier molecular flexibility index (Phi) is 7.86. The molecule has 5 nitrogen and oxygen atoms in total. The van der Waals surface area contributed by atoms with E-state index in [0.29, 0.717) is 38.2 Å². The van der Waals surface area contributed by atoms with E-state index < -0.39 is 18.6 Å². The smallest absolute Gasteiger partial charge is 0.337 e. The van der Waals surface area contributed by atoms with Crippen LogP contribution in [0.15, 0.2) is 30.3 Å². The Morgan fingerprint density at radius 3 is 2.36 bits per heavy atom. The standard InChI is InChI=1S/C20H28F3N3O2/c1-16(2)13-26(15-20(21,22)23)18(27)14-24-9-6-10-25(12-11-24)19(28)17-7-4-3-5-8-17/h3-5,7-8,16H,6,9-15H2,1-2H3. The Hall–Kier alpha value is -2.09. The monoisotopic (exact) mass is 399 g/mol.